The van der Waals surface area contributed by atoms with Gasteiger partial charge in [0.05, 0.1) is 11.5 Å². The fourth-order valence-corrected chi connectivity index (χ4v) is 1.90. The Morgan fingerprint density at radius 3 is 2.57 bits per heavy atom. The van der Waals surface area contributed by atoms with Gasteiger partial charge < -0.3 is 10.5 Å². The number of nitrogens with two attached hydrogens (primary N) is 1. The minimum atomic E-state index is -0.589. The highest BCUT2D eigenvalue weighted by molar-refractivity contribution is 5.46. The third kappa shape index (κ3) is 4.17. The molecule has 0 fully saturated rings. The van der Waals surface area contributed by atoms with Gasteiger partial charge in [-0.2, -0.15) is 0 Å². The Hall–Kier alpha value is -2.63. The van der Waals surface area contributed by atoms with Gasteiger partial charge in [0, 0.05) is 17.8 Å². The van der Waals surface area contributed by atoms with Crippen LogP contribution in [0, 0.1) is 15.9 Å². The van der Waals surface area contributed by atoms with Crippen LogP contribution in [-0.4, -0.2) is 11.5 Å². The first kappa shape index (κ1) is 14.8. The van der Waals surface area contributed by atoms with Gasteiger partial charge in [0.2, 0.25) is 0 Å². The molecule has 0 aliphatic carbocycles. The van der Waals surface area contributed by atoms with Crippen LogP contribution >= 0.6 is 0 Å². The number of aryl methyl sites for hydroxylation is 1. The highest BCUT2D eigenvalue weighted by atomic mass is 19.1. The molecule has 0 heterocycles. The molecule has 5 nitrogen and oxygen atoms in total. The van der Waals surface area contributed by atoms with Crippen molar-refractivity contribution in [2.45, 2.75) is 12.8 Å². The molecular formula is C15H15FN2O3. The molecule has 0 unspecified atom stereocenters. The molecule has 0 spiro atoms. The van der Waals surface area contributed by atoms with E-state index in [1.54, 1.807) is 0 Å². The predicted octanol–water partition coefficient (Wildman–Crippen LogP) is 3.33. The minimum absolute atomic E-state index is 0.0442. The van der Waals surface area contributed by atoms with E-state index in [0.29, 0.717) is 12.1 Å². The topological polar surface area (TPSA) is 78.4 Å². The first-order chi connectivity index (χ1) is 10.1. The molecule has 110 valence electrons. The summed E-state index contributed by atoms with van der Waals surface area (Å²) in [5.41, 5.74) is 7.16. The molecule has 2 aromatic carbocycles. The summed E-state index contributed by atoms with van der Waals surface area (Å²) in [6.07, 6.45) is 1.42. The number of benzene rings is 2. The lowest BCUT2D eigenvalue weighted by Gasteiger charge is -2.07. The molecule has 0 amide bonds. The van der Waals surface area contributed by atoms with E-state index in [0.717, 1.165) is 30.2 Å². The SMILES string of the molecule is Nc1ccc(CCCOc2cc(F)ccc2[N+](=O)[O-])cc1. The molecule has 2 N–H and O–H groups in total. The molecule has 0 atom stereocenters. The maximum absolute atomic E-state index is 13.1. The van der Waals surface area contributed by atoms with Crippen molar-refractivity contribution in [1.82, 2.24) is 0 Å². The summed E-state index contributed by atoms with van der Waals surface area (Å²) in [6.45, 7) is 0.272. The molecule has 6 heteroatoms. The van der Waals surface area contributed by atoms with E-state index >= 15 is 0 Å². The lowest BCUT2D eigenvalue weighted by atomic mass is 10.1. The molecule has 0 bridgehead atoms. The fourth-order valence-electron chi connectivity index (χ4n) is 1.90. The Kier molecular flexibility index (Phi) is 4.71. The standard InChI is InChI=1S/C15H15FN2O3/c16-12-5-8-14(18(19)20)15(10-12)21-9-1-2-11-3-6-13(17)7-4-11/h3-8,10H,1-2,9,17H2. The van der Waals surface area contributed by atoms with E-state index < -0.39 is 10.7 Å². The van der Waals surface area contributed by atoms with Crippen LogP contribution < -0.4 is 10.5 Å². The van der Waals surface area contributed by atoms with Crippen LogP contribution in [0.2, 0.25) is 0 Å². The van der Waals surface area contributed by atoms with Gasteiger partial charge in [0.1, 0.15) is 5.82 Å². The largest absolute Gasteiger partial charge is 0.487 e. The first-order valence-corrected chi connectivity index (χ1v) is 6.47. The Morgan fingerprint density at radius 2 is 1.90 bits per heavy atom. The Bertz CT molecular complexity index is 629. The molecule has 2 aromatic rings. The van der Waals surface area contributed by atoms with Crippen molar-refractivity contribution in [1.29, 1.82) is 0 Å². The van der Waals surface area contributed by atoms with Gasteiger partial charge in [-0.15, -0.1) is 0 Å². The first-order valence-electron chi connectivity index (χ1n) is 6.47. The van der Waals surface area contributed by atoms with Crippen molar-refractivity contribution in [3.8, 4) is 5.75 Å². The minimum Gasteiger partial charge on any atom is -0.487 e. The number of hydrogen-bond donors (Lipinski definition) is 1. The number of ether oxygens (including phenoxy) is 1. The zero-order valence-electron chi connectivity index (χ0n) is 11.3. The maximum atomic E-state index is 13.1. The number of nitro groups is 1. The van der Waals surface area contributed by atoms with Gasteiger partial charge >= 0.3 is 5.69 Å². The van der Waals surface area contributed by atoms with Crippen molar-refractivity contribution in [3.05, 3.63) is 64.0 Å². The summed E-state index contributed by atoms with van der Waals surface area (Å²) in [7, 11) is 0. The van der Waals surface area contributed by atoms with Crippen LogP contribution in [0.1, 0.15) is 12.0 Å². The van der Waals surface area contributed by atoms with Gasteiger partial charge in [-0.05, 0) is 36.6 Å². The van der Waals surface area contributed by atoms with Gasteiger partial charge in [-0.1, -0.05) is 12.1 Å². The van der Waals surface area contributed by atoms with Crippen LogP contribution in [0.5, 0.6) is 5.75 Å². The molecule has 0 aromatic heterocycles. The van der Waals surface area contributed by atoms with E-state index in [2.05, 4.69) is 0 Å². The second-order valence-corrected chi connectivity index (χ2v) is 4.56. The van der Waals surface area contributed by atoms with E-state index in [4.69, 9.17) is 10.5 Å². The number of rotatable bonds is 6. The molecule has 0 aliphatic rings. The fraction of sp³-hybridized carbons (Fsp3) is 0.200. The Morgan fingerprint density at radius 1 is 1.19 bits per heavy atom. The van der Waals surface area contributed by atoms with Crippen molar-refractivity contribution in [2.75, 3.05) is 12.3 Å². The van der Waals surface area contributed by atoms with Crippen molar-refractivity contribution < 1.29 is 14.1 Å². The summed E-state index contributed by atoms with van der Waals surface area (Å²) in [5, 5.41) is 10.8. The van der Waals surface area contributed by atoms with Gasteiger partial charge in [0.25, 0.3) is 0 Å². The number of nitro benzene ring substituents is 1. The molecular weight excluding hydrogens is 275 g/mol. The van der Waals surface area contributed by atoms with E-state index in [9.17, 15) is 14.5 Å². The number of anilines is 1. The smallest absolute Gasteiger partial charge is 0.311 e. The molecule has 2 rings (SSSR count). The molecule has 0 saturated heterocycles. The number of halogens is 1. The maximum Gasteiger partial charge on any atom is 0.311 e. The van der Waals surface area contributed by atoms with Crippen LogP contribution in [0.4, 0.5) is 15.8 Å². The van der Waals surface area contributed by atoms with Crippen molar-refractivity contribution >= 4 is 11.4 Å². The zero-order chi connectivity index (χ0) is 15.2. The summed E-state index contributed by atoms with van der Waals surface area (Å²) in [6, 6.07) is 10.6. The Balaban J connectivity index is 1.90. The van der Waals surface area contributed by atoms with Crippen molar-refractivity contribution in [3.63, 3.8) is 0 Å². The van der Waals surface area contributed by atoms with Gasteiger partial charge in [-0.3, -0.25) is 10.1 Å². The summed E-state index contributed by atoms with van der Waals surface area (Å²) in [4.78, 5) is 10.2. The third-order valence-corrected chi connectivity index (χ3v) is 2.97. The summed E-state index contributed by atoms with van der Waals surface area (Å²) >= 11 is 0. The van der Waals surface area contributed by atoms with E-state index in [-0.39, 0.29) is 18.0 Å². The number of hydrogen-bond acceptors (Lipinski definition) is 4. The molecule has 0 saturated carbocycles. The van der Waals surface area contributed by atoms with Crippen LogP contribution in [0.25, 0.3) is 0 Å². The van der Waals surface area contributed by atoms with Gasteiger partial charge in [0.15, 0.2) is 5.75 Å². The summed E-state index contributed by atoms with van der Waals surface area (Å²) in [5.74, 6) is -0.605. The van der Waals surface area contributed by atoms with E-state index in [1.165, 1.54) is 0 Å². The number of nitrogen functional groups attached to an aromatic ring is 1. The highest BCUT2D eigenvalue weighted by Gasteiger charge is 2.15. The average molecular weight is 290 g/mol. The quantitative estimate of drug-likeness (QED) is 0.383. The number of nitrogens with zero attached hydrogens (tertiary/aromatic N) is 1. The molecule has 21 heavy (non-hydrogen) atoms. The lowest BCUT2D eigenvalue weighted by Crippen LogP contribution is -2.02. The third-order valence-electron chi connectivity index (χ3n) is 2.97. The van der Waals surface area contributed by atoms with Crippen LogP contribution in [0.3, 0.4) is 0 Å². The van der Waals surface area contributed by atoms with Crippen LogP contribution in [-0.2, 0) is 6.42 Å². The molecule has 0 radical (unpaired) electrons. The van der Waals surface area contributed by atoms with Crippen LogP contribution in [0.15, 0.2) is 42.5 Å². The highest BCUT2D eigenvalue weighted by Crippen LogP contribution is 2.27. The zero-order valence-corrected chi connectivity index (χ0v) is 11.3. The second-order valence-electron chi connectivity index (χ2n) is 4.56. The lowest BCUT2D eigenvalue weighted by molar-refractivity contribution is -0.385. The summed E-state index contributed by atoms with van der Waals surface area (Å²) < 4.78 is 18.4. The normalized spacial score (nSPS) is 10.3. The predicted molar refractivity (Wildman–Crippen MR) is 77.7 cm³/mol. The Labute approximate surface area is 121 Å². The monoisotopic (exact) mass is 290 g/mol. The van der Waals surface area contributed by atoms with Crippen molar-refractivity contribution in [2.24, 2.45) is 0 Å². The van der Waals surface area contributed by atoms with Gasteiger partial charge in [-0.25, -0.2) is 4.39 Å². The average Bonchev–Trinajstić information content (AvgIpc) is 2.45. The second kappa shape index (κ2) is 6.69. The van der Waals surface area contributed by atoms with E-state index in [1.807, 2.05) is 24.3 Å². The molecule has 0 aliphatic heterocycles.